The molecule has 0 aliphatic heterocycles. The SMILES string of the molecule is C[C@]1(c2ccccc2)C[C@@H]1NS(=O)(=O)c1ccc(-c2cc(O)c(F)c(F)c2)s1.O=C(O)O. The van der Waals surface area contributed by atoms with Gasteiger partial charge < -0.3 is 15.3 Å². The second kappa shape index (κ2) is 8.85. The number of hydrogen-bond donors (Lipinski definition) is 4. The molecule has 0 bridgehead atoms. The van der Waals surface area contributed by atoms with Gasteiger partial charge in [0.2, 0.25) is 10.0 Å². The zero-order valence-electron chi connectivity index (χ0n) is 16.6. The maximum Gasteiger partial charge on any atom is 0.503 e. The fraction of sp³-hybridized carbons (Fsp3) is 0.190. The third-order valence-electron chi connectivity index (χ3n) is 5.11. The molecule has 0 unspecified atom stereocenters. The number of phenolic OH excluding ortho intramolecular Hbond substituents is 1. The Bertz CT molecular complexity index is 1220. The van der Waals surface area contributed by atoms with E-state index in [1.165, 1.54) is 12.1 Å². The van der Waals surface area contributed by atoms with Crippen molar-refractivity contribution in [3.05, 3.63) is 71.8 Å². The van der Waals surface area contributed by atoms with Gasteiger partial charge in [-0.05, 0) is 41.8 Å². The van der Waals surface area contributed by atoms with Crippen molar-refractivity contribution in [1.29, 1.82) is 0 Å². The van der Waals surface area contributed by atoms with Gasteiger partial charge in [0.05, 0.1) is 0 Å². The van der Waals surface area contributed by atoms with Crippen LogP contribution in [0, 0.1) is 11.6 Å². The molecule has 1 aromatic heterocycles. The fourth-order valence-electron chi connectivity index (χ4n) is 3.26. The van der Waals surface area contributed by atoms with E-state index >= 15 is 0 Å². The zero-order chi connectivity index (χ0) is 23.7. The van der Waals surface area contributed by atoms with Crippen LogP contribution < -0.4 is 4.72 Å². The van der Waals surface area contributed by atoms with Crippen LogP contribution in [0.4, 0.5) is 13.6 Å². The van der Waals surface area contributed by atoms with E-state index in [2.05, 4.69) is 4.72 Å². The molecule has 0 radical (unpaired) electrons. The Balaban J connectivity index is 0.000000668. The van der Waals surface area contributed by atoms with Crippen LogP contribution >= 0.6 is 11.3 Å². The van der Waals surface area contributed by atoms with E-state index < -0.39 is 33.6 Å². The molecule has 2 aromatic carbocycles. The Morgan fingerprint density at radius 2 is 1.75 bits per heavy atom. The summed E-state index contributed by atoms with van der Waals surface area (Å²) in [6.07, 6.45) is -1.13. The average molecular weight is 484 g/mol. The average Bonchev–Trinajstić information content (AvgIpc) is 3.14. The smallest absolute Gasteiger partial charge is 0.503 e. The Morgan fingerprint density at radius 3 is 2.34 bits per heavy atom. The van der Waals surface area contributed by atoms with Gasteiger partial charge in [0.1, 0.15) is 4.21 Å². The van der Waals surface area contributed by atoms with Crippen LogP contribution in [0.15, 0.2) is 58.8 Å². The number of halogens is 2. The minimum atomic E-state index is -3.75. The zero-order valence-corrected chi connectivity index (χ0v) is 18.3. The molecule has 0 spiro atoms. The van der Waals surface area contributed by atoms with Gasteiger partial charge in [0.25, 0.3) is 0 Å². The molecule has 4 N–H and O–H groups in total. The standard InChI is InChI=1S/C20H17F2NO3S2.CH2O3/c1-20(13-5-3-2-4-6-13)11-17(20)23-28(25,26)18-8-7-16(27-18)12-9-14(21)19(22)15(24)10-12;2-1(3)4/h2-10,17,23-24H,11H2,1H3;(H2,2,3,4)/t17-,20+;/m0./s1. The summed E-state index contributed by atoms with van der Waals surface area (Å²) in [4.78, 5) is 8.97. The molecule has 170 valence electrons. The summed E-state index contributed by atoms with van der Waals surface area (Å²) in [6.45, 7) is 2.01. The van der Waals surface area contributed by atoms with E-state index in [0.717, 1.165) is 29.0 Å². The van der Waals surface area contributed by atoms with Crippen molar-refractivity contribution < 1.29 is 37.3 Å². The molecule has 1 aliphatic rings. The molecule has 11 heteroatoms. The fourth-order valence-corrected chi connectivity index (χ4v) is 5.92. The van der Waals surface area contributed by atoms with Crippen molar-refractivity contribution in [2.75, 3.05) is 0 Å². The van der Waals surface area contributed by atoms with E-state index in [0.29, 0.717) is 11.3 Å². The summed E-state index contributed by atoms with van der Waals surface area (Å²) in [7, 11) is -3.75. The number of carbonyl (C=O) groups is 1. The summed E-state index contributed by atoms with van der Waals surface area (Å²) in [5.41, 5.74) is 1.04. The summed E-state index contributed by atoms with van der Waals surface area (Å²) >= 11 is 0.931. The van der Waals surface area contributed by atoms with Crippen molar-refractivity contribution in [2.24, 2.45) is 0 Å². The van der Waals surface area contributed by atoms with E-state index in [1.54, 1.807) is 0 Å². The molecule has 2 atom stereocenters. The van der Waals surface area contributed by atoms with E-state index in [9.17, 15) is 22.3 Å². The molecule has 1 saturated carbocycles. The van der Waals surface area contributed by atoms with E-state index in [1.807, 2.05) is 37.3 Å². The lowest BCUT2D eigenvalue weighted by molar-refractivity contribution is 0.137. The topological polar surface area (TPSA) is 124 Å². The first-order valence-electron chi connectivity index (χ1n) is 9.22. The van der Waals surface area contributed by atoms with E-state index in [4.69, 9.17) is 15.0 Å². The Kier molecular flexibility index (Phi) is 6.54. The molecule has 0 amide bonds. The predicted molar refractivity (Wildman–Crippen MR) is 115 cm³/mol. The van der Waals surface area contributed by atoms with Crippen molar-refractivity contribution >= 4 is 27.5 Å². The van der Waals surface area contributed by atoms with Crippen LogP contribution in [0.25, 0.3) is 10.4 Å². The highest BCUT2D eigenvalue weighted by molar-refractivity contribution is 7.91. The van der Waals surface area contributed by atoms with Crippen LogP contribution in [0.2, 0.25) is 0 Å². The Morgan fingerprint density at radius 1 is 1.12 bits per heavy atom. The molecular formula is C21H19F2NO6S2. The van der Waals surface area contributed by atoms with Crippen LogP contribution in [-0.2, 0) is 15.4 Å². The van der Waals surface area contributed by atoms with Crippen molar-refractivity contribution in [3.8, 4) is 16.2 Å². The summed E-state index contributed by atoms with van der Waals surface area (Å²) in [5, 5.41) is 23.4. The Labute approximate surface area is 186 Å². The van der Waals surface area contributed by atoms with Gasteiger partial charge in [-0.15, -0.1) is 11.3 Å². The summed E-state index contributed by atoms with van der Waals surface area (Å²) in [5.74, 6) is -3.34. The maximum atomic E-state index is 13.5. The molecule has 1 fully saturated rings. The minimum absolute atomic E-state index is 0.0778. The third-order valence-corrected chi connectivity index (χ3v) is 8.21. The van der Waals surface area contributed by atoms with Gasteiger partial charge in [0, 0.05) is 16.3 Å². The first-order chi connectivity index (χ1) is 14.9. The number of sulfonamides is 1. The second-order valence-corrected chi connectivity index (χ2v) is 10.4. The molecular weight excluding hydrogens is 464 g/mol. The van der Waals surface area contributed by atoms with Gasteiger partial charge >= 0.3 is 6.16 Å². The molecule has 4 rings (SSSR count). The largest absolute Gasteiger partial charge is 0.505 e. The van der Waals surface area contributed by atoms with Crippen molar-refractivity contribution in [1.82, 2.24) is 4.72 Å². The molecule has 0 saturated heterocycles. The molecule has 7 nitrogen and oxygen atoms in total. The minimum Gasteiger partial charge on any atom is -0.505 e. The maximum absolute atomic E-state index is 13.5. The van der Waals surface area contributed by atoms with Gasteiger partial charge in [-0.3, -0.25) is 0 Å². The number of rotatable bonds is 5. The number of nitrogens with one attached hydrogen (secondary N) is 1. The van der Waals surface area contributed by atoms with Crippen LogP contribution in [0.5, 0.6) is 5.75 Å². The van der Waals surface area contributed by atoms with Crippen molar-refractivity contribution in [2.45, 2.75) is 29.0 Å². The Hall–Kier alpha value is -3.02. The summed E-state index contributed by atoms with van der Waals surface area (Å²) in [6, 6.07) is 14.4. The number of hydrogen-bond acceptors (Lipinski definition) is 5. The third kappa shape index (κ3) is 5.06. The van der Waals surface area contributed by atoms with Crippen LogP contribution in [0.3, 0.4) is 0 Å². The first kappa shape index (κ1) is 23.6. The predicted octanol–water partition coefficient (Wildman–Crippen LogP) is 4.63. The van der Waals surface area contributed by atoms with Crippen LogP contribution in [0.1, 0.15) is 18.9 Å². The number of phenols is 1. The lowest BCUT2D eigenvalue weighted by atomic mass is 9.98. The number of aromatic hydroxyl groups is 1. The number of thiophene rings is 1. The van der Waals surface area contributed by atoms with Gasteiger partial charge in [-0.2, -0.15) is 4.39 Å². The second-order valence-electron chi connectivity index (χ2n) is 7.35. The number of carboxylic acid groups (broad SMARTS) is 2. The van der Waals surface area contributed by atoms with Crippen LogP contribution in [-0.4, -0.2) is 35.9 Å². The highest BCUT2D eigenvalue weighted by Crippen LogP contribution is 2.48. The summed E-state index contributed by atoms with van der Waals surface area (Å²) < 4.78 is 55.1. The molecule has 1 aliphatic carbocycles. The first-order valence-corrected chi connectivity index (χ1v) is 11.5. The monoisotopic (exact) mass is 483 g/mol. The van der Waals surface area contributed by atoms with Gasteiger partial charge in [-0.25, -0.2) is 22.3 Å². The lowest BCUT2D eigenvalue weighted by Gasteiger charge is -2.12. The van der Waals surface area contributed by atoms with E-state index in [-0.39, 0.29) is 21.2 Å². The molecule has 1 heterocycles. The normalized spacial score (nSPS) is 19.7. The lowest BCUT2D eigenvalue weighted by Crippen LogP contribution is -2.29. The van der Waals surface area contributed by atoms with Gasteiger partial charge in [-0.1, -0.05) is 37.3 Å². The highest BCUT2D eigenvalue weighted by atomic mass is 32.2. The highest BCUT2D eigenvalue weighted by Gasteiger charge is 2.53. The van der Waals surface area contributed by atoms with Crippen molar-refractivity contribution in [3.63, 3.8) is 0 Å². The quantitative estimate of drug-likeness (QED) is 0.420. The number of benzene rings is 2. The van der Waals surface area contributed by atoms with Gasteiger partial charge in [0.15, 0.2) is 17.4 Å². The molecule has 3 aromatic rings. The molecule has 32 heavy (non-hydrogen) atoms.